The molecular formula is C19H17NO3. The zero-order valence-corrected chi connectivity index (χ0v) is 12.6. The van der Waals surface area contributed by atoms with Gasteiger partial charge in [0.1, 0.15) is 0 Å². The maximum atomic E-state index is 12.5. The Hall–Kier alpha value is -2.62. The quantitative estimate of drug-likeness (QED) is 0.868. The fourth-order valence-electron chi connectivity index (χ4n) is 3.45. The lowest BCUT2D eigenvalue weighted by Gasteiger charge is -2.25. The molecule has 0 radical (unpaired) electrons. The monoisotopic (exact) mass is 307 g/mol. The lowest BCUT2D eigenvalue weighted by atomic mass is 9.98. The van der Waals surface area contributed by atoms with Gasteiger partial charge in [-0.25, -0.2) is 4.79 Å². The smallest absolute Gasteiger partial charge is 0.339 e. The standard InChI is InChI=1S/C19H17NO3/c21-18(20-16-10-9-12-5-1-3-7-14(12)16)17-11-13-6-2-4-8-15(13)19(22)23-17/h1-8,16-17H,9-11H2,(H,20,21)/t16-,17+/m1/s1. The molecule has 4 nitrogen and oxygen atoms in total. The molecule has 0 aromatic heterocycles. The van der Waals surface area contributed by atoms with Gasteiger partial charge in [0.2, 0.25) is 0 Å². The number of cyclic esters (lactones) is 1. The van der Waals surface area contributed by atoms with Gasteiger partial charge in [0.25, 0.3) is 5.91 Å². The fraction of sp³-hybridized carbons (Fsp3) is 0.263. The molecule has 0 saturated carbocycles. The number of nitrogens with one attached hydrogen (secondary N) is 1. The van der Waals surface area contributed by atoms with Crippen LogP contribution in [0.3, 0.4) is 0 Å². The highest BCUT2D eigenvalue weighted by atomic mass is 16.5. The van der Waals surface area contributed by atoms with Crippen LogP contribution in [0.25, 0.3) is 0 Å². The summed E-state index contributed by atoms with van der Waals surface area (Å²) in [7, 11) is 0. The molecule has 2 aliphatic rings. The van der Waals surface area contributed by atoms with E-state index in [0.29, 0.717) is 12.0 Å². The zero-order valence-electron chi connectivity index (χ0n) is 12.6. The van der Waals surface area contributed by atoms with Crippen molar-refractivity contribution in [2.24, 2.45) is 0 Å². The molecule has 1 N–H and O–H groups in total. The number of carbonyl (C=O) groups excluding carboxylic acids is 2. The molecule has 0 spiro atoms. The second kappa shape index (κ2) is 5.54. The SMILES string of the molecule is O=C1O[C@H](C(=O)N[C@@H]2CCc3ccccc32)Cc2ccccc21. The Labute approximate surface area is 134 Å². The summed E-state index contributed by atoms with van der Waals surface area (Å²) in [5.74, 6) is -0.631. The van der Waals surface area contributed by atoms with Crippen molar-refractivity contribution in [3.05, 3.63) is 70.8 Å². The molecule has 0 fully saturated rings. The second-order valence-electron chi connectivity index (χ2n) is 6.05. The van der Waals surface area contributed by atoms with Crippen LogP contribution >= 0.6 is 0 Å². The molecule has 0 bridgehead atoms. The number of ether oxygens (including phenoxy) is 1. The molecule has 2 atom stereocenters. The van der Waals surface area contributed by atoms with Crippen LogP contribution in [0.4, 0.5) is 0 Å². The van der Waals surface area contributed by atoms with Gasteiger partial charge in [-0.1, -0.05) is 42.5 Å². The van der Waals surface area contributed by atoms with Crippen molar-refractivity contribution in [2.75, 3.05) is 0 Å². The average Bonchev–Trinajstić information content (AvgIpc) is 2.98. The minimum absolute atomic E-state index is 0.00886. The summed E-state index contributed by atoms with van der Waals surface area (Å²) in [5, 5.41) is 3.04. The number of hydrogen-bond donors (Lipinski definition) is 1. The minimum Gasteiger partial charge on any atom is -0.448 e. The van der Waals surface area contributed by atoms with Crippen LogP contribution in [0.15, 0.2) is 48.5 Å². The summed E-state index contributed by atoms with van der Waals surface area (Å²) in [6, 6.07) is 15.4. The largest absolute Gasteiger partial charge is 0.448 e. The first-order valence-corrected chi connectivity index (χ1v) is 7.89. The van der Waals surface area contributed by atoms with Crippen molar-refractivity contribution in [3.8, 4) is 0 Å². The minimum atomic E-state index is -0.745. The average molecular weight is 307 g/mol. The molecular weight excluding hydrogens is 290 g/mol. The number of amides is 1. The number of aryl methyl sites for hydroxylation is 1. The molecule has 1 aliphatic carbocycles. The van der Waals surface area contributed by atoms with E-state index in [-0.39, 0.29) is 11.9 Å². The van der Waals surface area contributed by atoms with E-state index in [0.717, 1.165) is 18.4 Å². The lowest BCUT2D eigenvalue weighted by molar-refractivity contribution is -0.131. The summed E-state index contributed by atoms with van der Waals surface area (Å²) in [6.45, 7) is 0. The molecule has 4 heteroatoms. The molecule has 1 heterocycles. The van der Waals surface area contributed by atoms with Gasteiger partial charge in [0, 0.05) is 6.42 Å². The van der Waals surface area contributed by atoms with Crippen molar-refractivity contribution in [1.29, 1.82) is 0 Å². The van der Waals surface area contributed by atoms with Crippen LogP contribution in [0.2, 0.25) is 0 Å². The van der Waals surface area contributed by atoms with Gasteiger partial charge in [0.05, 0.1) is 11.6 Å². The highest BCUT2D eigenvalue weighted by Crippen LogP contribution is 2.31. The molecule has 116 valence electrons. The lowest BCUT2D eigenvalue weighted by Crippen LogP contribution is -2.42. The topological polar surface area (TPSA) is 55.4 Å². The highest BCUT2D eigenvalue weighted by molar-refractivity contribution is 5.95. The third-order valence-electron chi connectivity index (χ3n) is 4.63. The Kier molecular flexibility index (Phi) is 3.37. The van der Waals surface area contributed by atoms with E-state index >= 15 is 0 Å². The Balaban J connectivity index is 1.50. The number of rotatable bonds is 2. The first-order valence-electron chi connectivity index (χ1n) is 7.89. The number of esters is 1. The summed E-state index contributed by atoms with van der Waals surface area (Å²) >= 11 is 0. The Morgan fingerprint density at radius 3 is 2.65 bits per heavy atom. The van der Waals surface area contributed by atoms with Crippen molar-refractivity contribution < 1.29 is 14.3 Å². The van der Waals surface area contributed by atoms with Crippen LogP contribution in [0.5, 0.6) is 0 Å². The first kappa shape index (κ1) is 14.0. The molecule has 1 aliphatic heterocycles. The Morgan fingerprint density at radius 2 is 1.78 bits per heavy atom. The number of benzene rings is 2. The van der Waals surface area contributed by atoms with Gasteiger partial charge >= 0.3 is 5.97 Å². The summed E-state index contributed by atoms with van der Waals surface area (Å²) in [4.78, 5) is 24.6. The predicted molar refractivity (Wildman–Crippen MR) is 85.0 cm³/mol. The van der Waals surface area contributed by atoms with Gasteiger partial charge in [-0.15, -0.1) is 0 Å². The maximum Gasteiger partial charge on any atom is 0.339 e. The second-order valence-corrected chi connectivity index (χ2v) is 6.05. The highest BCUT2D eigenvalue weighted by Gasteiger charge is 2.33. The normalized spacial score (nSPS) is 22.0. The van der Waals surface area contributed by atoms with E-state index in [1.165, 1.54) is 11.1 Å². The van der Waals surface area contributed by atoms with Gasteiger partial charge in [-0.05, 0) is 35.6 Å². The molecule has 0 saturated heterocycles. The molecule has 2 aromatic rings. The summed E-state index contributed by atoms with van der Waals surface area (Å²) in [6.07, 6.45) is 1.55. The first-order chi connectivity index (χ1) is 11.2. The summed E-state index contributed by atoms with van der Waals surface area (Å²) < 4.78 is 5.32. The molecule has 23 heavy (non-hydrogen) atoms. The third kappa shape index (κ3) is 2.50. The predicted octanol–water partition coefficient (Wildman–Crippen LogP) is 2.57. The van der Waals surface area contributed by atoms with Crippen molar-refractivity contribution >= 4 is 11.9 Å². The van der Waals surface area contributed by atoms with Crippen LogP contribution in [0.1, 0.15) is 39.5 Å². The van der Waals surface area contributed by atoms with Crippen LogP contribution in [0, 0.1) is 0 Å². The van der Waals surface area contributed by atoms with Crippen LogP contribution in [-0.2, 0) is 22.4 Å². The van der Waals surface area contributed by atoms with E-state index in [4.69, 9.17) is 4.74 Å². The van der Waals surface area contributed by atoms with E-state index in [1.54, 1.807) is 12.1 Å². The molecule has 2 aromatic carbocycles. The molecule has 1 amide bonds. The van der Waals surface area contributed by atoms with Gasteiger partial charge in [0.15, 0.2) is 6.10 Å². The van der Waals surface area contributed by atoms with Crippen LogP contribution < -0.4 is 5.32 Å². The van der Waals surface area contributed by atoms with E-state index in [9.17, 15) is 9.59 Å². The molecule has 0 unspecified atom stereocenters. The third-order valence-corrected chi connectivity index (χ3v) is 4.63. The van der Waals surface area contributed by atoms with Gasteiger partial charge in [-0.3, -0.25) is 4.79 Å². The van der Waals surface area contributed by atoms with E-state index in [2.05, 4.69) is 17.4 Å². The zero-order chi connectivity index (χ0) is 15.8. The maximum absolute atomic E-state index is 12.5. The Morgan fingerprint density at radius 1 is 1.04 bits per heavy atom. The van der Waals surface area contributed by atoms with Gasteiger partial charge in [-0.2, -0.15) is 0 Å². The number of hydrogen-bond acceptors (Lipinski definition) is 3. The van der Waals surface area contributed by atoms with E-state index < -0.39 is 12.1 Å². The van der Waals surface area contributed by atoms with Crippen molar-refractivity contribution in [3.63, 3.8) is 0 Å². The van der Waals surface area contributed by atoms with E-state index in [1.807, 2.05) is 24.3 Å². The number of fused-ring (bicyclic) bond motifs is 2. The van der Waals surface area contributed by atoms with Crippen LogP contribution in [-0.4, -0.2) is 18.0 Å². The Bertz CT molecular complexity index is 784. The number of carbonyl (C=O) groups is 2. The molecule has 4 rings (SSSR count). The summed E-state index contributed by atoms with van der Waals surface area (Å²) in [5.41, 5.74) is 3.88. The fourth-order valence-corrected chi connectivity index (χ4v) is 3.45. The van der Waals surface area contributed by atoms with Crippen molar-refractivity contribution in [1.82, 2.24) is 5.32 Å². The van der Waals surface area contributed by atoms with Gasteiger partial charge < -0.3 is 10.1 Å². The van der Waals surface area contributed by atoms with Crippen molar-refractivity contribution in [2.45, 2.75) is 31.4 Å².